The molecule has 0 bridgehead atoms. The molecule has 2 atom stereocenters. The maximum Gasteiger partial charge on any atom is 0.324 e. The largest absolute Gasteiger partial charge is 0.497 e. The fourth-order valence-corrected chi connectivity index (χ4v) is 4.19. The Hall–Kier alpha value is -3.39. The number of nitrogens with zero attached hydrogens (tertiary/aromatic N) is 2. The number of urea groups is 1. The number of hydrogen-bond acceptors (Lipinski definition) is 5. The number of ether oxygens (including phenoxy) is 2. The van der Waals surface area contributed by atoms with Crippen LogP contribution < -0.4 is 10.1 Å². The van der Waals surface area contributed by atoms with E-state index in [0.29, 0.717) is 32.7 Å². The number of carbonyl (C=O) groups excluding carboxylic acids is 3. The van der Waals surface area contributed by atoms with E-state index in [1.165, 1.54) is 4.90 Å². The number of methoxy groups -OCH3 is 1. The zero-order chi connectivity index (χ0) is 23.2. The summed E-state index contributed by atoms with van der Waals surface area (Å²) in [6.45, 7) is 1.79. The normalized spacial score (nSPS) is 20.6. The number of nitrogens with one attached hydrogen (secondary N) is 1. The van der Waals surface area contributed by atoms with Gasteiger partial charge in [0, 0.05) is 19.5 Å². The van der Waals surface area contributed by atoms with Crippen molar-refractivity contribution in [1.29, 1.82) is 0 Å². The molecule has 0 saturated carbocycles. The summed E-state index contributed by atoms with van der Waals surface area (Å²) in [4.78, 5) is 40.9. The molecule has 8 nitrogen and oxygen atoms in total. The summed E-state index contributed by atoms with van der Waals surface area (Å²) < 4.78 is 11.0. The first-order valence-corrected chi connectivity index (χ1v) is 11.2. The predicted molar refractivity (Wildman–Crippen MR) is 122 cm³/mol. The van der Waals surface area contributed by atoms with Crippen LogP contribution in [0.3, 0.4) is 0 Å². The topological polar surface area (TPSA) is 88.2 Å². The fourth-order valence-electron chi connectivity index (χ4n) is 4.19. The maximum atomic E-state index is 12.8. The van der Waals surface area contributed by atoms with Crippen LogP contribution in [0.5, 0.6) is 5.75 Å². The molecule has 0 spiro atoms. The molecule has 8 heteroatoms. The summed E-state index contributed by atoms with van der Waals surface area (Å²) in [6.07, 6.45) is 0.897. The van der Waals surface area contributed by atoms with Crippen molar-refractivity contribution in [3.8, 4) is 5.75 Å². The number of imide groups is 1. The van der Waals surface area contributed by atoms with Gasteiger partial charge in [-0.15, -0.1) is 0 Å². The third-order valence-corrected chi connectivity index (χ3v) is 6.13. The first-order valence-electron chi connectivity index (χ1n) is 11.2. The first kappa shape index (κ1) is 22.8. The second kappa shape index (κ2) is 10.5. The Balaban J connectivity index is 1.26. The molecule has 2 aliphatic heterocycles. The van der Waals surface area contributed by atoms with Gasteiger partial charge in [0.1, 0.15) is 17.9 Å². The van der Waals surface area contributed by atoms with Crippen molar-refractivity contribution in [3.63, 3.8) is 0 Å². The van der Waals surface area contributed by atoms with E-state index in [4.69, 9.17) is 9.47 Å². The number of rotatable bonds is 8. The summed E-state index contributed by atoms with van der Waals surface area (Å²) in [5, 5.41) is 2.72. The quantitative estimate of drug-likeness (QED) is 0.623. The minimum absolute atomic E-state index is 0.0297. The molecule has 4 rings (SSSR count). The van der Waals surface area contributed by atoms with E-state index in [9.17, 15) is 14.4 Å². The number of hydrogen-bond donors (Lipinski definition) is 1. The SMILES string of the molecule is COc1ccc(CCN2C(=O)N[C@H](CCC(=O)N3CCO[C@H](c4ccccc4)C3)C2=O)cc1. The van der Waals surface area contributed by atoms with Gasteiger partial charge in [-0.1, -0.05) is 42.5 Å². The smallest absolute Gasteiger partial charge is 0.324 e. The van der Waals surface area contributed by atoms with E-state index < -0.39 is 12.1 Å². The van der Waals surface area contributed by atoms with Crippen molar-refractivity contribution < 1.29 is 23.9 Å². The van der Waals surface area contributed by atoms with Crippen molar-refractivity contribution in [2.45, 2.75) is 31.4 Å². The molecule has 4 amide bonds. The van der Waals surface area contributed by atoms with Crippen LogP contribution in [-0.4, -0.2) is 67.0 Å². The Bertz CT molecular complexity index is 979. The van der Waals surface area contributed by atoms with E-state index in [-0.39, 0.29) is 30.8 Å². The lowest BCUT2D eigenvalue weighted by molar-refractivity contribution is -0.139. The van der Waals surface area contributed by atoms with Gasteiger partial charge >= 0.3 is 6.03 Å². The lowest BCUT2D eigenvalue weighted by atomic mass is 10.1. The third kappa shape index (κ3) is 5.51. The Morgan fingerprint density at radius 3 is 2.61 bits per heavy atom. The van der Waals surface area contributed by atoms with E-state index in [0.717, 1.165) is 16.9 Å². The van der Waals surface area contributed by atoms with Crippen LogP contribution in [0.15, 0.2) is 54.6 Å². The maximum absolute atomic E-state index is 12.8. The van der Waals surface area contributed by atoms with Gasteiger partial charge in [0.15, 0.2) is 0 Å². The molecule has 2 saturated heterocycles. The molecule has 2 aliphatic rings. The minimum atomic E-state index is -0.664. The third-order valence-electron chi connectivity index (χ3n) is 6.13. The van der Waals surface area contributed by atoms with Crippen LogP contribution in [0.25, 0.3) is 0 Å². The molecule has 33 heavy (non-hydrogen) atoms. The molecule has 0 aromatic heterocycles. The van der Waals surface area contributed by atoms with E-state index in [1.54, 1.807) is 12.0 Å². The van der Waals surface area contributed by atoms with Crippen LogP contribution >= 0.6 is 0 Å². The summed E-state index contributed by atoms with van der Waals surface area (Å²) in [7, 11) is 1.60. The number of carbonyl (C=O) groups is 3. The second-order valence-electron chi connectivity index (χ2n) is 8.24. The van der Waals surface area contributed by atoms with Crippen LogP contribution in [0, 0.1) is 0 Å². The van der Waals surface area contributed by atoms with Crippen LogP contribution in [0.1, 0.15) is 30.1 Å². The number of benzene rings is 2. The summed E-state index contributed by atoms with van der Waals surface area (Å²) in [6, 6.07) is 16.3. The van der Waals surface area contributed by atoms with Gasteiger partial charge < -0.3 is 19.7 Å². The predicted octanol–water partition coefficient (Wildman–Crippen LogP) is 2.54. The molecule has 0 aliphatic carbocycles. The first-order chi connectivity index (χ1) is 16.0. The molecule has 1 N–H and O–H groups in total. The molecular formula is C25H29N3O5. The zero-order valence-corrected chi connectivity index (χ0v) is 18.7. The summed E-state index contributed by atoms with van der Waals surface area (Å²) in [5.41, 5.74) is 2.05. The van der Waals surface area contributed by atoms with Gasteiger partial charge in [0.25, 0.3) is 5.91 Å². The van der Waals surface area contributed by atoms with E-state index in [1.807, 2.05) is 54.6 Å². The Morgan fingerprint density at radius 2 is 1.88 bits per heavy atom. The highest BCUT2D eigenvalue weighted by Crippen LogP contribution is 2.23. The van der Waals surface area contributed by atoms with Crippen molar-refractivity contribution in [2.75, 3.05) is 33.4 Å². The Labute approximate surface area is 193 Å². The molecule has 2 aromatic carbocycles. The molecule has 2 fully saturated rings. The molecule has 0 unspecified atom stereocenters. The van der Waals surface area contributed by atoms with Crippen molar-refractivity contribution in [2.24, 2.45) is 0 Å². The fraction of sp³-hybridized carbons (Fsp3) is 0.400. The van der Waals surface area contributed by atoms with Crippen LogP contribution in [0.4, 0.5) is 4.79 Å². The highest BCUT2D eigenvalue weighted by atomic mass is 16.5. The minimum Gasteiger partial charge on any atom is -0.497 e. The summed E-state index contributed by atoms with van der Waals surface area (Å²) >= 11 is 0. The van der Waals surface area contributed by atoms with Gasteiger partial charge in [-0.3, -0.25) is 14.5 Å². The highest BCUT2D eigenvalue weighted by Gasteiger charge is 2.38. The lowest BCUT2D eigenvalue weighted by Gasteiger charge is -2.33. The van der Waals surface area contributed by atoms with Crippen LogP contribution in [0.2, 0.25) is 0 Å². The molecular weight excluding hydrogens is 422 g/mol. The zero-order valence-electron chi connectivity index (χ0n) is 18.7. The standard InChI is InChI=1S/C25H29N3O5/c1-32-20-9-7-18(8-10-20)13-14-28-24(30)21(26-25(28)31)11-12-23(29)27-15-16-33-22(17-27)19-5-3-2-4-6-19/h2-10,21-22H,11-17H2,1H3,(H,26,31)/t21-,22+/m1/s1. The molecule has 2 heterocycles. The lowest BCUT2D eigenvalue weighted by Crippen LogP contribution is -2.43. The van der Waals surface area contributed by atoms with Gasteiger partial charge in [-0.2, -0.15) is 0 Å². The van der Waals surface area contributed by atoms with Gasteiger partial charge in [-0.25, -0.2) is 4.79 Å². The van der Waals surface area contributed by atoms with E-state index >= 15 is 0 Å². The van der Waals surface area contributed by atoms with E-state index in [2.05, 4.69) is 5.32 Å². The van der Waals surface area contributed by atoms with Crippen molar-refractivity contribution >= 4 is 17.8 Å². The van der Waals surface area contributed by atoms with Gasteiger partial charge in [0.2, 0.25) is 5.91 Å². The van der Waals surface area contributed by atoms with Gasteiger partial charge in [-0.05, 0) is 36.1 Å². The Morgan fingerprint density at radius 1 is 1.12 bits per heavy atom. The number of morpholine rings is 1. The Kier molecular flexibility index (Phi) is 7.24. The average Bonchev–Trinajstić information content (AvgIpc) is 3.14. The molecule has 2 aromatic rings. The van der Waals surface area contributed by atoms with Gasteiger partial charge in [0.05, 0.1) is 20.3 Å². The summed E-state index contributed by atoms with van der Waals surface area (Å²) in [5.74, 6) is 0.456. The molecule has 174 valence electrons. The number of amides is 4. The average molecular weight is 452 g/mol. The highest BCUT2D eigenvalue weighted by molar-refractivity contribution is 6.04. The van der Waals surface area contributed by atoms with Crippen molar-refractivity contribution in [3.05, 3.63) is 65.7 Å². The molecule has 0 radical (unpaired) electrons. The second-order valence-corrected chi connectivity index (χ2v) is 8.24. The monoisotopic (exact) mass is 451 g/mol. The van der Waals surface area contributed by atoms with Crippen LogP contribution in [-0.2, 0) is 20.7 Å². The van der Waals surface area contributed by atoms with Crippen molar-refractivity contribution in [1.82, 2.24) is 15.1 Å².